The topological polar surface area (TPSA) is 45.1 Å². The van der Waals surface area contributed by atoms with Gasteiger partial charge in [-0.15, -0.1) is 0 Å². The fraction of sp³-hybridized carbons (Fsp3) is 0.286. The minimum atomic E-state index is -0.116. The van der Waals surface area contributed by atoms with Crippen molar-refractivity contribution in [3.05, 3.63) is 101 Å². The number of amides is 1. The minimum absolute atomic E-state index is 0.0323. The molecule has 3 aromatic rings. The minimum Gasteiger partial charge on any atom is -0.496 e. The van der Waals surface area contributed by atoms with Crippen molar-refractivity contribution in [3.8, 4) is 5.75 Å². The Balaban J connectivity index is 1.42. The van der Waals surface area contributed by atoms with Crippen LogP contribution in [0, 0.1) is 6.92 Å². The average molecular weight is 440 g/mol. The summed E-state index contributed by atoms with van der Waals surface area (Å²) in [6, 6.07) is 24.7. The summed E-state index contributed by atoms with van der Waals surface area (Å²) in [6.07, 6.45) is 1.64. The number of para-hydroxylation sites is 1. The molecule has 5 nitrogen and oxygen atoms in total. The van der Waals surface area contributed by atoms with Crippen LogP contribution in [0.1, 0.15) is 40.3 Å². The van der Waals surface area contributed by atoms with Gasteiger partial charge in [0, 0.05) is 25.1 Å². The SMILES string of the molecule is COc1ccccc1C1=NN(C(=O)CN2CCc3ccccc3C2)[C@H](c2ccc(C)cc2)C1. The normalized spacial score (nSPS) is 18.1. The van der Waals surface area contributed by atoms with Crippen LogP contribution in [0.5, 0.6) is 5.75 Å². The lowest BCUT2D eigenvalue weighted by molar-refractivity contribution is -0.134. The number of carbonyl (C=O) groups is 1. The largest absolute Gasteiger partial charge is 0.496 e. The van der Waals surface area contributed by atoms with Crippen molar-refractivity contribution in [1.29, 1.82) is 0 Å². The second-order valence-electron chi connectivity index (χ2n) is 8.85. The third-order valence-electron chi connectivity index (χ3n) is 6.61. The quantitative estimate of drug-likeness (QED) is 0.577. The molecule has 33 heavy (non-hydrogen) atoms. The molecule has 0 saturated carbocycles. The molecule has 0 radical (unpaired) electrons. The Hall–Kier alpha value is -3.44. The molecule has 0 aliphatic carbocycles. The van der Waals surface area contributed by atoms with E-state index < -0.39 is 0 Å². The van der Waals surface area contributed by atoms with E-state index in [0.29, 0.717) is 13.0 Å². The molecule has 0 fully saturated rings. The Bertz CT molecular complexity index is 1190. The first kappa shape index (κ1) is 21.4. The van der Waals surface area contributed by atoms with E-state index in [9.17, 15) is 4.79 Å². The standard InChI is InChI=1S/C28H29N3O2/c1-20-11-13-22(14-12-20)26-17-25(24-9-5-6-10-27(24)33-2)29-31(26)28(32)19-30-16-15-21-7-3-4-8-23(21)18-30/h3-14,26H,15-19H2,1-2H3/t26-/m0/s1. The van der Waals surface area contributed by atoms with Crippen molar-refractivity contribution < 1.29 is 9.53 Å². The number of aryl methyl sites for hydroxylation is 1. The lowest BCUT2D eigenvalue weighted by Gasteiger charge is -2.30. The van der Waals surface area contributed by atoms with E-state index in [-0.39, 0.29) is 11.9 Å². The smallest absolute Gasteiger partial charge is 0.257 e. The number of hydrogen-bond acceptors (Lipinski definition) is 4. The number of nitrogens with zero attached hydrogens (tertiary/aromatic N) is 3. The number of rotatable bonds is 5. The molecule has 2 aliphatic heterocycles. The third kappa shape index (κ3) is 4.41. The van der Waals surface area contributed by atoms with Crippen LogP contribution in [-0.2, 0) is 17.8 Å². The summed E-state index contributed by atoms with van der Waals surface area (Å²) in [5, 5.41) is 6.55. The summed E-state index contributed by atoms with van der Waals surface area (Å²) in [5.41, 5.74) is 6.83. The number of carbonyl (C=O) groups excluding carboxylic acids is 1. The van der Waals surface area contributed by atoms with Gasteiger partial charge in [0.05, 0.1) is 25.4 Å². The summed E-state index contributed by atoms with van der Waals surface area (Å²) < 4.78 is 5.57. The van der Waals surface area contributed by atoms with Crippen molar-refractivity contribution in [2.24, 2.45) is 5.10 Å². The van der Waals surface area contributed by atoms with E-state index in [1.54, 1.807) is 12.1 Å². The van der Waals surface area contributed by atoms with Gasteiger partial charge < -0.3 is 4.74 Å². The first-order valence-corrected chi connectivity index (χ1v) is 11.5. The highest BCUT2D eigenvalue weighted by atomic mass is 16.5. The van der Waals surface area contributed by atoms with Gasteiger partial charge in [-0.3, -0.25) is 9.69 Å². The molecule has 1 atom stereocenters. The number of methoxy groups -OCH3 is 1. The zero-order valence-corrected chi connectivity index (χ0v) is 19.2. The lowest BCUT2D eigenvalue weighted by Crippen LogP contribution is -2.40. The van der Waals surface area contributed by atoms with Crippen molar-refractivity contribution in [1.82, 2.24) is 9.91 Å². The van der Waals surface area contributed by atoms with Crippen LogP contribution in [0.4, 0.5) is 0 Å². The van der Waals surface area contributed by atoms with Crippen LogP contribution < -0.4 is 4.74 Å². The van der Waals surface area contributed by atoms with Gasteiger partial charge in [0.25, 0.3) is 5.91 Å². The van der Waals surface area contributed by atoms with Gasteiger partial charge in [-0.25, -0.2) is 5.01 Å². The van der Waals surface area contributed by atoms with Crippen LogP contribution >= 0.6 is 0 Å². The van der Waals surface area contributed by atoms with E-state index >= 15 is 0 Å². The molecule has 0 unspecified atom stereocenters. The van der Waals surface area contributed by atoms with Crippen LogP contribution in [0.2, 0.25) is 0 Å². The highest BCUT2D eigenvalue weighted by Gasteiger charge is 2.34. The number of hydrogen-bond donors (Lipinski definition) is 0. The molecule has 0 N–H and O–H groups in total. The Labute approximate surface area is 195 Å². The zero-order valence-electron chi connectivity index (χ0n) is 19.2. The fourth-order valence-electron chi connectivity index (χ4n) is 4.79. The Kier molecular flexibility index (Phi) is 5.97. The molecule has 168 valence electrons. The van der Waals surface area contributed by atoms with E-state index in [0.717, 1.165) is 42.1 Å². The second kappa shape index (κ2) is 9.20. The second-order valence-corrected chi connectivity index (χ2v) is 8.85. The maximum absolute atomic E-state index is 13.6. The van der Waals surface area contributed by atoms with Gasteiger partial charge >= 0.3 is 0 Å². The van der Waals surface area contributed by atoms with Crippen molar-refractivity contribution >= 4 is 11.6 Å². The lowest BCUT2D eigenvalue weighted by atomic mass is 9.97. The van der Waals surface area contributed by atoms with E-state index in [4.69, 9.17) is 9.84 Å². The molecular weight excluding hydrogens is 410 g/mol. The number of fused-ring (bicyclic) bond motifs is 1. The average Bonchev–Trinajstić information content (AvgIpc) is 3.30. The molecule has 1 amide bonds. The summed E-state index contributed by atoms with van der Waals surface area (Å²) in [6.45, 7) is 4.12. The summed E-state index contributed by atoms with van der Waals surface area (Å²) >= 11 is 0. The van der Waals surface area contributed by atoms with Crippen molar-refractivity contribution in [2.45, 2.75) is 32.4 Å². The van der Waals surface area contributed by atoms with Crippen LogP contribution in [0.3, 0.4) is 0 Å². The maximum Gasteiger partial charge on any atom is 0.257 e. The van der Waals surface area contributed by atoms with E-state index in [1.807, 2.05) is 24.3 Å². The first-order chi connectivity index (χ1) is 16.1. The molecule has 3 aromatic carbocycles. The van der Waals surface area contributed by atoms with Gasteiger partial charge in [0.15, 0.2) is 0 Å². The Morgan fingerprint density at radius 3 is 2.52 bits per heavy atom. The number of ether oxygens (including phenoxy) is 1. The molecule has 5 rings (SSSR count). The molecular formula is C28H29N3O2. The third-order valence-corrected chi connectivity index (χ3v) is 6.61. The first-order valence-electron chi connectivity index (χ1n) is 11.5. The summed E-state index contributed by atoms with van der Waals surface area (Å²) in [7, 11) is 1.67. The summed E-state index contributed by atoms with van der Waals surface area (Å²) in [4.78, 5) is 15.8. The van der Waals surface area contributed by atoms with Gasteiger partial charge in [-0.1, -0.05) is 66.2 Å². The van der Waals surface area contributed by atoms with Gasteiger partial charge in [-0.2, -0.15) is 5.10 Å². The van der Waals surface area contributed by atoms with E-state index in [1.165, 1.54) is 16.7 Å². The fourth-order valence-corrected chi connectivity index (χ4v) is 4.79. The van der Waals surface area contributed by atoms with Crippen LogP contribution in [-0.4, -0.2) is 41.7 Å². The Morgan fingerprint density at radius 2 is 1.73 bits per heavy atom. The Morgan fingerprint density at radius 1 is 1.00 bits per heavy atom. The number of hydrazone groups is 1. The van der Waals surface area contributed by atoms with Crippen molar-refractivity contribution in [3.63, 3.8) is 0 Å². The molecule has 0 saturated heterocycles. The van der Waals surface area contributed by atoms with Crippen molar-refractivity contribution in [2.75, 3.05) is 20.2 Å². The molecule has 0 spiro atoms. The molecule has 0 aromatic heterocycles. The molecule has 2 heterocycles. The predicted molar refractivity (Wildman–Crippen MR) is 130 cm³/mol. The van der Waals surface area contributed by atoms with Crippen LogP contribution in [0.25, 0.3) is 0 Å². The number of benzene rings is 3. The monoisotopic (exact) mass is 439 g/mol. The maximum atomic E-state index is 13.6. The predicted octanol–water partition coefficient (Wildman–Crippen LogP) is 4.74. The van der Waals surface area contributed by atoms with Gasteiger partial charge in [0.2, 0.25) is 0 Å². The molecule has 2 aliphatic rings. The van der Waals surface area contributed by atoms with Crippen LogP contribution in [0.15, 0.2) is 77.9 Å². The summed E-state index contributed by atoms with van der Waals surface area (Å²) in [5.74, 6) is 0.811. The van der Waals surface area contributed by atoms with Gasteiger partial charge in [0.1, 0.15) is 5.75 Å². The highest BCUT2D eigenvalue weighted by molar-refractivity contribution is 6.05. The van der Waals surface area contributed by atoms with Gasteiger partial charge in [-0.05, 0) is 42.2 Å². The highest BCUT2D eigenvalue weighted by Crippen LogP contribution is 2.35. The van der Waals surface area contributed by atoms with E-state index in [2.05, 4.69) is 60.4 Å². The zero-order chi connectivity index (χ0) is 22.8. The molecule has 5 heteroatoms. The molecule has 0 bridgehead atoms.